The summed E-state index contributed by atoms with van der Waals surface area (Å²) in [5.41, 5.74) is 0. The summed E-state index contributed by atoms with van der Waals surface area (Å²) < 4.78 is 35.6. The second kappa shape index (κ2) is 3.64. The molecule has 0 aliphatic heterocycles. The van der Waals surface area contributed by atoms with E-state index in [9.17, 15) is 3.52 Å². The molecule has 0 N–H and O–H groups in total. The predicted molar refractivity (Wildman–Crippen MR) is 2.48 cm³/mol. The number of halogens is 1. The fourth-order valence-electron chi connectivity index (χ4n) is 0. The second-order valence-corrected chi connectivity index (χ2v) is 1.62. The first kappa shape index (κ1) is 10.6. The van der Waals surface area contributed by atoms with Crippen LogP contribution in [0, 0.1) is 0 Å². The molecule has 0 aliphatic carbocycles. The minimum atomic E-state index is -6.00. The van der Waals surface area contributed by atoms with Gasteiger partial charge in [-0.25, -0.2) is 0 Å². The van der Waals surface area contributed by atoms with E-state index in [1.165, 1.54) is 0 Å². The van der Waals surface area contributed by atoms with Crippen molar-refractivity contribution in [1.29, 1.82) is 0 Å². The Labute approximate surface area is 78.9 Å². The van der Waals surface area contributed by atoms with Crippen LogP contribution in [0.3, 0.4) is 0 Å². The molecule has 0 atom stereocenters. The first-order chi connectivity index (χ1) is 2.00. The van der Waals surface area contributed by atoms with Crippen LogP contribution in [0.15, 0.2) is 0 Å². The summed E-state index contributed by atoms with van der Waals surface area (Å²) in [6.45, 7) is 0. The Kier molecular flexibility index (Phi) is 6.43. The van der Waals surface area contributed by atoms with Gasteiger partial charge in [-0.15, -0.1) is 0 Å². The van der Waals surface area contributed by atoms with Crippen LogP contribution in [0.4, 0.5) is 3.52 Å². The summed E-state index contributed by atoms with van der Waals surface area (Å²) in [5, 5.41) is 0. The molecule has 0 aromatic carbocycles. The molecular formula is CrFKO3. The molecule has 0 amide bonds. The van der Waals surface area contributed by atoms with E-state index in [4.69, 9.17) is 11.8 Å². The van der Waals surface area contributed by atoms with Crippen LogP contribution in [0.25, 0.3) is 0 Å². The molecule has 0 aromatic rings. The fraction of sp³-hybridized carbons (Fsp3) is 0. The zero-order chi connectivity index (χ0) is 4.50. The summed E-state index contributed by atoms with van der Waals surface area (Å²) in [6.07, 6.45) is 0. The number of rotatable bonds is 0. The van der Waals surface area contributed by atoms with E-state index in [2.05, 4.69) is 0 Å². The Hall–Kier alpha value is 1.66. The molecule has 6 heteroatoms. The standard InChI is InChI=1S/Cr.FH.K.3O/h;1H;;;;/q+1;;+1;;;-1/p-1. The van der Waals surface area contributed by atoms with Crippen molar-refractivity contribution in [3.05, 3.63) is 0 Å². The second-order valence-electron chi connectivity index (χ2n) is 0.393. The molecule has 0 fully saturated rings. The van der Waals surface area contributed by atoms with Crippen molar-refractivity contribution in [2.75, 3.05) is 0 Å². The number of hydrogen-bond acceptors (Lipinski definition) is 3. The van der Waals surface area contributed by atoms with E-state index in [1.54, 1.807) is 0 Å². The monoisotopic (exact) mass is 158 g/mol. The van der Waals surface area contributed by atoms with Gasteiger partial charge in [-0.3, -0.25) is 0 Å². The molecule has 3 nitrogen and oxygen atoms in total. The maximum atomic E-state index is 10.2. The van der Waals surface area contributed by atoms with E-state index >= 15 is 0 Å². The summed E-state index contributed by atoms with van der Waals surface area (Å²) >= 11 is -6.00. The molecule has 0 spiro atoms. The van der Waals surface area contributed by atoms with Gasteiger partial charge in [-0.1, -0.05) is 0 Å². The molecule has 0 saturated heterocycles. The normalized spacial score (nSPS) is 9.67. The van der Waals surface area contributed by atoms with E-state index < -0.39 is 13.7 Å². The van der Waals surface area contributed by atoms with Crippen LogP contribution in [-0.4, -0.2) is 0 Å². The third-order valence-electron chi connectivity index (χ3n) is 0. The zero-order valence-electron chi connectivity index (χ0n) is 3.01. The van der Waals surface area contributed by atoms with Crippen LogP contribution in [0.1, 0.15) is 0 Å². The van der Waals surface area contributed by atoms with E-state index in [1.807, 2.05) is 0 Å². The Balaban J connectivity index is 0. The van der Waals surface area contributed by atoms with Gasteiger partial charge in [0.15, 0.2) is 0 Å². The van der Waals surface area contributed by atoms with Crippen molar-refractivity contribution < 1.29 is 80.4 Å². The Morgan fingerprint density at radius 3 is 1.50 bits per heavy atom. The van der Waals surface area contributed by atoms with Crippen molar-refractivity contribution in [3.8, 4) is 0 Å². The summed E-state index contributed by atoms with van der Waals surface area (Å²) in [5.74, 6) is 0. The predicted octanol–water partition coefficient (Wildman–Crippen LogP) is -4.00. The molecule has 0 heterocycles. The average Bonchev–Trinajstić information content (AvgIpc) is 0.722. The van der Waals surface area contributed by atoms with Crippen molar-refractivity contribution in [1.82, 2.24) is 0 Å². The van der Waals surface area contributed by atoms with Crippen LogP contribution in [0.2, 0.25) is 0 Å². The van der Waals surface area contributed by atoms with E-state index in [0.717, 1.165) is 0 Å². The fourth-order valence-corrected chi connectivity index (χ4v) is 0. The average molecular weight is 158 g/mol. The van der Waals surface area contributed by atoms with Gasteiger partial charge in [-0.05, 0) is 0 Å². The molecule has 0 bridgehead atoms. The summed E-state index contributed by atoms with van der Waals surface area (Å²) in [6, 6.07) is 0. The third kappa shape index (κ3) is 44.6. The molecule has 0 aromatic heterocycles. The van der Waals surface area contributed by atoms with Crippen molar-refractivity contribution >= 4 is 0 Å². The SMILES string of the molecule is [K+].[O]=[Cr](=[O])([O-])[F]. The molecule has 6 heavy (non-hydrogen) atoms. The van der Waals surface area contributed by atoms with Gasteiger partial charge in [0.25, 0.3) is 0 Å². The molecule has 0 aliphatic rings. The summed E-state index contributed by atoms with van der Waals surface area (Å²) in [7, 11) is 0. The summed E-state index contributed by atoms with van der Waals surface area (Å²) in [4.78, 5) is 0. The van der Waals surface area contributed by atoms with Crippen molar-refractivity contribution in [2.24, 2.45) is 0 Å². The van der Waals surface area contributed by atoms with Crippen LogP contribution >= 0.6 is 0 Å². The van der Waals surface area contributed by atoms with Gasteiger partial charge in [0, 0.05) is 0 Å². The Morgan fingerprint density at radius 1 is 1.50 bits per heavy atom. The molecule has 0 saturated carbocycles. The number of hydrogen-bond donors (Lipinski definition) is 0. The minimum absolute atomic E-state index is 0. The Bertz CT molecular complexity index is 94.0. The van der Waals surface area contributed by atoms with Gasteiger partial charge in [-0.2, -0.15) is 0 Å². The van der Waals surface area contributed by atoms with Crippen LogP contribution < -0.4 is 55.5 Å². The Morgan fingerprint density at radius 2 is 1.50 bits per heavy atom. The first-order valence-corrected chi connectivity index (χ1v) is 2.70. The quantitative estimate of drug-likeness (QED) is 0.337. The van der Waals surface area contributed by atoms with Crippen molar-refractivity contribution in [2.45, 2.75) is 0 Å². The van der Waals surface area contributed by atoms with Gasteiger partial charge in [0.2, 0.25) is 0 Å². The first-order valence-electron chi connectivity index (χ1n) is 0.654. The van der Waals surface area contributed by atoms with Gasteiger partial charge in [0.05, 0.1) is 0 Å². The molecule has 32 valence electrons. The van der Waals surface area contributed by atoms with Gasteiger partial charge < -0.3 is 0 Å². The third-order valence-corrected chi connectivity index (χ3v) is 0. The molecular weight excluding hydrogens is 158 g/mol. The van der Waals surface area contributed by atoms with Crippen LogP contribution in [0.5, 0.6) is 0 Å². The molecule has 0 radical (unpaired) electrons. The maximum absolute atomic E-state index is 10.2. The van der Waals surface area contributed by atoms with Gasteiger partial charge in [0.1, 0.15) is 0 Å². The topological polar surface area (TPSA) is 57.2 Å². The van der Waals surface area contributed by atoms with Crippen molar-refractivity contribution in [3.63, 3.8) is 0 Å². The van der Waals surface area contributed by atoms with E-state index in [0.29, 0.717) is 0 Å². The van der Waals surface area contributed by atoms with E-state index in [-0.39, 0.29) is 51.4 Å². The molecule has 0 rings (SSSR count). The van der Waals surface area contributed by atoms with Gasteiger partial charge >= 0.3 is 80.4 Å². The zero-order valence-corrected chi connectivity index (χ0v) is 7.41. The van der Waals surface area contributed by atoms with Crippen LogP contribution in [-0.2, 0) is 21.3 Å². The molecule has 0 unspecified atom stereocenters.